The minimum atomic E-state index is -0.485. The number of hydrogen-bond acceptors (Lipinski definition) is 3. The van der Waals surface area contributed by atoms with Crippen molar-refractivity contribution in [2.45, 2.75) is 0 Å². The number of hydrogen-bond donors (Lipinski definition) is 1. The molecule has 0 saturated heterocycles. The summed E-state index contributed by atoms with van der Waals surface area (Å²) in [7, 11) is 1.32. The Hall–Kier alpha value is -2.73. The Bertz CT molecular complexity index is 1140. The molecule has 0 aliphatic rings. The molecule has 124 valence electrons. The average molecular weight is 399 g/mol. The minimum absolute atomic E-state index is 0.354. The van der Waals surface area contributed by atoms with Crippen LogP contribution < -0.4 is 0 Å². The predicted octanol–water partition coefficient (Wildman–Crippen LogP) is 5.07. The largest absolute Gasteiger partial charge is 0.465 e. The van der Waals surface area contributed by atoms with E-state index in [0.717, 1.165) is 20.9 Å². The molecule has 0 unspecified atom stereocenters. The zero-order valence-corrected chi connectivity index (χ0v) is 14.7. The number of pyridine rings is 1. The Balaban J connectivity index is 2.03. The summed E-state index contributed by atoms with van der Waals surface area (Å²) in [6.45, 7) is 0. The third-order valence-corrected chi connectivity index (χ3v) is 4.59. The van der Waals surface area contributed by atoms with Gasteiger partial charge in [-0.25, -0.2) is 14.2 Å². The lowest BCUT2D eigenvalue weighted by atomic mass is 10.0. The van der Waals surface area contributed by atoms with Crippen molar-refractivity contribution in [2.24, 2.45) is 0 Å². The van der Waals surface area contributed by atoms with Gasteiger partial charge in [0.2, 0.25) is 0 Å². The van der Waals surface area contributed by atoms with Crippen LogP contribution in [0.4, 0.5) is 4.39 Å². The third kappa shape index (κ3) is 2.68. The second-order valence-electron chi connectivity index (χ2n) is 5.60. The van der Waals surface area contributed by atoms with Crippen molar-refractivity contribution >= 4 is 43.7 Å². The molecule has 6 heteroatoms. The topological polar surface area (TPSA) is 55.0 Å². The van der Waals surface area contributed by atoms with Gasteiger partial charge in [0.25, 0.3) is 0 Å². The number of methoxy groups -OCH3 is 1. The molecule has 0 aliphatic heterocycles. The summed E-state index contributed by atoms with van der Waals surface area (Å²) in [6, 6.07) is 11.7. The standard InChI is InChI=1S/C19H12BrFN2O2/c1-25-19(24)14-8-18(23-17-7-11(21)3-4-12(14)17)15-9-22-16-5-2-10(20)6-13(15)16/h2-9,22H,1H3. The molecule has 0 saturated carbocycles. The second kappa shape index (κ2) is 5.97. The fourth-order valence-corrected chi connectivity index (χ4v) is 3.28. The van der Waals surface area contributed by atoms with Crippen LogP contribution in [0.2, 0.25) is 0 Å². The highest BCUT2D eigenvalue weighted by atomic mass is 79.9. The molecule has 0 amide bonds. The molecule has 25 heavy (non-hydrogen) atoms. The monoisotopic (exact) mass is 398 g/mol. The lowest BCUT2D eigenvalue weighted by Gasteiger charge is -2.08. The number of rotatable bonds is 2. The number of esters is 1. The molecule has 0 radical (unpaired) electrons. The first-order chi connectivity index (χ1) is 12.1. The summed E-state index contributed by atoms with van der Waals surface area (Å²) < 4.78 is 19.5. The summed E-state index contributed by atoms with van der Waals surface area (Å²) in [5.74, 6) is -0.893. The lowest BCUT2D eigenvalue weighted by molar-refractivity contribution is 0.0603. The van der Waals surface area contributed by atoms with E-state index in [0.29, 0.717) is 22.2 Å². The zero-order valence-electron chi connectivity index (χ0n) is 13.1. The Morgan fingerprint density at radius 1 is 1.16 bits per heavy atom. The van der Waals surface area contributed by atoms with E-state index in [9.17, 15) is 9.18 Å². The maximum Gasteiger partial charge on any atom is 0.338 e. The van der Waals surface area contributed by atoms with E-state index in [4.69, 9.17) is 4.74 Å². The van der Waals surface area contributed by atoms with Crippen LogP contribution >= 0.6 is 15.9 Å². The highest BCUT2D eigenvalue weighted by Gasteiger charge is 2.16. The van der Waals surface area contributed by atoms with Crippen molar-refractivity contribution < 1.29 is 13.9 Å². The Labute approximate surface area is 150 Å². The number of benzene rings is 2. The highest BCUT2D eigenvalue weighted by Crippen LogP contribution is 2.32. The van der Waals surface area contributed by atoms with Gasteiger partial charge < -0.3 is 9.72 Å². The molecular formula is C19H12BrFN2O2. The van der Waals surface area contributed by atoms with Crippen LogP contribution in [-0.4, -0.2) is 23.0 Å². The molecule has 0 fully saturated rings. The number of nitrogens with one attached hydrogen (secondary N) is 1. The van der Waals surface area contributed by atoms with Crippen LogP contribution in [-0.2, 0) is 4.74 Å². The molecule has 1 N–H and O–H groups in total. The molecule has 4 aromatic rings. The molecule has 0 aliphatic carbocycles. The number of aromatic nitrogens is 2. The molecule has 4 nitrogen and oxygen atoms in total. The first-order valence-corrected chi connectivity index (χ1v) is 8.32. The van der Waals surface area contributed by atoms with Gasteiger partial charge in [0.1, 0.15) is 5.82 Å². The number of nitrogens with zero attached hydrogens (tertiary/aromatic N) is 1. The van der Waals surface area contributed by atoms with E-state index in [1.165, 1.54) is 19.2 Å². The summed E-state index contributed by atoms with van der Waals surface area (Å²) in [4.78, 5) is 19.9. The maximum absolute atomic E-state index is 13.7. The Kier molecular flexibility index (Phi) is 3.77. The Morgan fingerprint density at radius 3 is 2.80 bits per heavy atom. The van der Waals surface area contributed by atoms with Gasteiger partial charge >= 0.3 is 5.97 Å². The van der Waals surface area contributed by atoms with E-state index in [1.54, 1.807) is 12.1 Å². The van der Waals surface area contributed by atoms with Gasteiger partial charge in [-0.05, 0) is 36.4 Å². The van der Waals surface area contributed by atoms with Crippen LogP contribution in [0.1, 0.15) is 10.4 Å². The second-order valence-corrected chi connectivity index (χ2v) is 6.52. The number of H-pyrrole nitrogens is 1. The number of ether oxygens (including phenoxy) is 1. The van der Waals surface area contributed by atoms with Crippen molar-refractivity contribution in [3.63, 3.8) is 0 Å². The molecule has 2 aromatic heterocycles. The Morgan fingerprint density at radius 2 is 2.00 bits per heavy atom. The van der Waals surface area contributed by atoms with E-state index in [-0.39, 0.29) is 0 Å². The van der Waals surface area contributed by atoms with E-state index in [2.05, 4.69) is 25.9 Å². The third-order valence-electron chi connectivity index (χ3n) is 4.10. The van der Waals surface area contributed by atoms with Crippen LogP contribution in [0, 0.1) is 5.82 Å². The van der Waals surface area contributed by atoms with E-state index in [1.807, 2.05) is 24.4 Å². The van der Waals surface area contributed by atoms with Crippen molar-refractivity contribution in [1.82, 2.24) is 9.97 Å². The number of fused-ring (bicyclic) bond motifs is 2. The molecular weight excluding hydrogens is 387 g/mol. The van der Waals surface area contributed by atoms with Gasteiger partial charge in [-0.2, -0.15) is 0 Å². The SMILES string of the molecule is COC(=O)c1cc(-c2c[nH]c3ccc(Br)cc23)nc2cc(F)ccc12. The smallest absolute Gasteiger partial charge is 0.338 e. The summed E-state index contributed by atoms with van der Waals surface area (Å²) in [6.07, 6.45) is 1.83. The summed E-state index contributed by atoms with van der Waals surface area (Å²) in [5, 5.41) is 1.51. The number of aromatic amines is 1. The van der Waals surface area contributed by atoms with Crippen LogP contribution in [0.25, 0.3) is 33.1 Å². The number of carbonyl (C=O) groups excluding carboxylic acids is 1. The van der Waals surface area contributed by atoms with E-state index >= 15 is 0 Å². The molecule has 2 aromatic carbocycles. The average Bonchev–Trinajstić information content (AvgIpc) is 3.02. The molecule has 0 spiro atoms. The first kappa shape index (κ1) is 15.8. The van der Waals surface area contributed by atoms with Crippen molar-refractivity contribution in [2.75, 3.05) is 7.11 Å². The quantitative estimate of drug-likeness (QED) is 0.479. The first-order valence-electron chi connectivity index (χ1n) is 7.52. The van der Waals surface area contributed by atoms with Gasteiger partial charge in [-0.3, -0.25) is 0 Å². The van der Waals surface area contributed by atoms with Crippen molar-refractivity contribution in [3.8, 4) is 11.3 Å². The summed E-state index contributed by atoms with van der Waals surface area (Å²) >= 11 is 3.46. The fourth-order valence-electron chi connectivity index (χ4n) is 2.92. The van der Waals surface area contributed by atoms with Gasteiger partial charge in [-0.1, -0.05) is 15.9 Å². The lowest BCUT2D eigenvalue weighted by Crippen LogP contribution is -2.04. The van der Waals surface area contributed by atoms with Crippen LogP contribution in [0.3, 0.4) is 0 Å². The highest BCUT2D eigenvalue weighted by molar-refractivity contribution is 9.10. The molecule has 4 rings (SSSR count). The predicted molar refractivity (Wildman–Crippen MR) is 98.0 cm³/mol. The zero-order chi connectivity index (χ0) is 17.6. The fraction of sp³-hybridized carbons (Fsp3) is 0.0526. The minimum Gasteiger partial charge on any atom is -0.465 e. The van der Waals surface area contributed by atoms with Gasteiger partial charge in [0, 0.05) is 38.6 Å². The normalized spacial score (nSPS) is 11.2. The van der Waals surface area contributed by atoms with E-state index < -0.39 is 11.8 Å². The van der Waals surface area contributed by atoms with Crippen LogP contribution in [0.15, 0.2) is 53.1 Å². The molecule has 0 bridgehead atoms. The molecule has 2 heterocycles. The van der Waals surface area contributed by atoms with Gasteiger partial charge in [0.15, 0.2) is 0 Å². The van der Waals surface area contributed by atoms with Crippen molar-refractivity contribution in [1.29, 1.82) is 0 Å². The number of halogens is 2. The van der Waals surface area contributed by atoms with Gasteiger partial charge in [-0.15, -0.1) is 0 Å². The van der Waals surface area contributed by atoms with Gasteiger partial charge in [0.05, 0.1) is 23.9 Å². The molecule has 0 atom stereocenters. The van der Waals surface area contributed by atoms with Crippen LogP contribution in [0.5, 0.6) is 0 Å². The number of carbonyl (C=O) groups is 1. The summed E-state index contributed by atoms with van der Waals surface area (Å²) in [5.41, 5.74) is 3.10. The van der Waals surface area contributed by atoms with Crippen molar-refractivity contribution in [3.05, 3.63) is 64.5 Å². The maximum atomic E-state index is 13.7.